The zero-order valence-corrected chi connectivity index (χ0v) is 18.6. The molecule has 0 fully saturated rings. The molecule has 154 valence electrons. The highest BCUT2D eigenvalue weighted by molar-refractivity contribution is 7.90. The van der Waals surface area contributed by atoms with Crippen molar-refractivity contribution in [1.82, 2.24) is 9.97 Å². The maximum atomic E-state index is 12.3. The van der Waals surface area contributed by atoms with Gasteiger partial charge in [-0.3, -0.25) is 0 Å². The predicted octanol–water partition coefficient (Wildman–Crippen LogP) is 4.06. The number of thiophene rings is 1. The van der Waals surface area contributed by atoms with Crippen LogP contribution >= 0.6 is 11.3 Å². The molecule has 3 rings (SSSR count). The number of anilines is 1. The zero-order valence-electron chi connectivity index (χ0n) is 16.9. The minimum absolute atomic E-state index is 0.133. The number of esters is 1. The van der Waals surface area contributed by atoms with Crippen LogP contribution in [0.2, 0.25) is 0 Å². The van der Waals surface area contributed by atoms with E-state index in [1.165, 1.54) is 17.6 Å². The molecule has 0 saturated carbocycles. The summed E-state index contributed by atoms with van der Waals surface area (Å²) in [6.07, 6.45) is 1.19. The maximum Gasteiger partial charge on any atom is 0.348 e. The summed E-state index contributed by atoms with van der Waals surface area (Å²) in [6, 6.07) is 6.62. The van der Waals surface area contributed by atoms with Gasteiger partial charge < -0.3 is 10.1 Å². The molecule has 0 radical (unpaired) electrons. The standard InChI is InChI=1S/C20H23N3O4S2/c1-6-27-20(24)17-11(2)16-18(22-13(4)23-19(16)28-17)21-12(3)14-7-9-15(10-8-14)29(5,25)26/h7-10,12H,6H2,1-5H3,(H,21,22,23). The Morgan fingerprint density at radius 3 is 2.45 bits per heavy atom. The normalized spacial score (nSPS) is 12.7. The second kappa shape index (κ2) is 8.08. The second-order valence-corrected chi connectivity index (χ2v) is 9.80. The lowest BCUT2D eigenvalue weighted by Crippen LogP contribution is -2.10. The molecule has 7 nitrogen and oxygen atoms in total. The quantitative estimate of drug-likeness (QED) is 0.585. The van der Waals surface area contributed by atoms with E-state index in [2.05, 4.69) is 15.3 Å². The molecule has 1 aromatic carbocycles. The van der Waals surface area contributed by atoms with Crippen molar-refractivity contribution in [3.63, 3.8) is 0 Å². The van der Waals surface area contributed by atoms with Gasteiger partial charge in [-0.05, 0) is 51.0 Å². The van der Waals surface area contributed by atoms with E-state index in [1.54, 1.807) is 38.1 Å². The molecule has 0 bridgehead atoms. The number of nitrogens with one attached hydrogen (secondary N) is 1. The molecule has 2 aromatic heterocycles. The minimum Gasteiger partial charge on any atom is -0.462 e. The first-order chi connectivity index (χ1) is 13.6. The Balaban J connectivity index is 1.98. The van der Waals surface area contributed by atoms with Crippen LogP contribution in [0.5, 0.6) is 0 Å². The van der Waals surface area contributed by atoms with Gasteiger partial charge in [0.1, 0.15) is 21.3 Å². The van der Waals surface area contributed by atoms with Crippen LogP contribution in [0.15, 0.2) is 29.2 Å². The third-order valence-corrected chi connectivity index (χ3v) is 6.82. The van der Waals surface area contributed by atoms with Crippen LogP contribution in [0.25, 0.3) is 10.2 Å². The van der Waals surface area contributed by atoms with Gasteiger partial charge in [-0.2, -0.15) is 0 Å². The van der Waals surface area contributed by atoms with Crippen molar-refractivity contribution in [2.24, 2.45) is 0 Å². The number of benzene rings is 1. The molecule has 3 aromatic rings. The van der Waals surface area contributed by atoms with Gasteiger partial charge in [0, 0.05) is 12.3 Å². The predicted molar refractivity (Wildman–Crippen MR) is 114 cm³/mol. The highest BCUT2D eigenvalue weighted by atomic mass is 32.2. The lowest BCUT2D eigenvalue weighted by atomic mass is 10.1. The van der Waals surface area contributed by atoms with Gasteiger partial charge in [-0.15, -0.1) is 11.3 Å². The number of carbonyl (C=O) groups is 1. The van der Waals surface area contributed by atoms with Crippen molar-refractivity contribution in [3.8, 4) is 0 Å². The van der Waals surface area contributed by atoms with Crippen molar-refractivity contribution >= 4 is 43.2 Å². The summed E-state index contributed by atoms with van der Waals surface area (Å²) >= 11 is 1.30. The van der Waals surface area contributed by atoms with Crippen LogP contribution in [0.3, 0.4) is 0 Å². The van der Waals surface area contributed by atoms with E-state index in [0.717, 1.165) is 21.3 Å². The lowest BCUT2D eigenvalue weighted by molar-refractivity contribution is 0.0531. The lowest BCUT2D eigenvalue weighted by Gasteiger charge is -2.17. The number of ether oxygens (including phenoxy) is 1. The Morgan fingerprint density at radius 2 is 1.86 bits per heavy atom. The fourth-order valence-corrected chi connectivity index (χ4v) is 4.78. The van der Waals surface area contributed by atoms with Crippen LogP contribution in [0.1, 0.15) is 46.5 Å². The molecule has 0 aliphatic carbocycles. The number of aromatic nitrogens is 2. The summed E-state index contributed by atoms with van der Waals surface area (Å²) in [5, 5.41) is 4.17. The van der Waals surface area contributed by atoms with E-state index in [0.29, 0.717) is 23.1 Å². The van der Waals surface area contributed by atoms with Crippen molar-refractivity contribution in [1.29, 1.82) is 0 Å². The van der Waals surface area contributed by atoms with Gasteiger partial charge in [0.05, 0.1) is 16.9 Å². The SMILES string of the molecule is CCOC(=O)c1sc2nc(C)nc(NC(C)c3ccc(S(C)(=O)=O)cc3)c2c1C. The molecule has 0 saturated heterocycles. The fraction of sp³-hybridized carbons (Fsp3) is 0.350. The van der Waals surface area contributed by atoms with Crippen molar-refractivity contribution in [3.05, 3.63) is 46.1 Å². The summed E-state index contributed by atoms with van der Waals surface area (Å²) in [5.41, 5.74) is 1.70. The van der Waals surface area contributed by atoms with E-state index in [-0.39, 0.29) is 16.9 Å². The molecule has 2 heterocycles. The smallest absolute Gasteiger partial charge is 0.348 e. The highest BCUT2D eigenvalue weighted by Gasteiger charge is 2.22. The summed E-state index contributed by atoms with van der Waals surface area (Å²) in [7, 11) is -3.24. The summed E-state index contributed by atoms with van der Waals surface area (Å²) in [6.45, 7) is 7.71. The first-order valence-corrected chi connectivity index (χ1v) is 11.8. The summed E-state index contributed by atoms with van der Waals surface area (Å²) in [4.78, 5) is 22.8. The Labute approximate surface area is 174 Å². The van der Waals surface area contributed by atoms with E-state index in [1.807, 2.05) is 13.8 Å². The molecule has 0 spiro atoms. The van der Waals surface area contributed by atoms with Gasteiger partial charge >= 0.3 is 5.97 Å². The van der Waals surface area contributed by atoms with Gasteiger partial charge in [-0.1, -0.05) is 12.1 Å². The number of hydrogen-bond donors (Lipinski definition) is 1. The Bertz CT molecular complexity index is 1170. The van der Waals surface area contributed by atoms with E-state index in [4.69, 9.17) is 4.74 Å². The summed E-state index contributed by atoms with van der Waals surface area (Å²) < 4.78 is 28.5. The number of carbonyl (C=O) groups excluding carboxylic acids is 1. The third kappa shape index (κ3) is 4.40. The molecular formula is C20H23N3O4S2. The van der Waals surface area contributed by atoms with Gasteiger partial charge in [-0.25, -0.2) is 23.2 Å². The molecular weight excluding hydrogens is 410 g/mol. The molecule has 1 unspecified atom stereocenters. The van der Waals surface area contributed by atoms with Crippen LogP contribution in [0, 0.1) is 13.8 Å². The first kappa shape index (κ1) is 21.2. The van der Waals surface area contributed by atoms with E-state index in [9.17, 15) is 13.2 Å². The largest absolute Gasteiger partial charge is 0.462 e. The zero-order chi connectivity index (χ0) is 21.3. The number of rotatable bonds is 6. The Morgan fingerprint density at radius 1 is 1.21 bits per heavy atom. The molecule has 1 N–H and O–H groups in total. The average molecular weight is 434 g/mol. The van der Waals surface area contributed by atoms with Gasteiger partial charge in [0.25, 0.3) is 0 Å². The number of sulfone groups is 1. The maximum absolute atomic E-state index is 12.3. The van der Waals surface area contributed by atoms with Crippen LogP contribution in [-0.2, 0) is 14.6 Å². The van der Waals surface area contributed by atoms with E-state index < -0.39 is 9.84 Å². The van der Waals surface area contributed by atoms with Crippen molar-refractivity contribution < 1.29 is 17.9 Å². The number of nitrogens with zero attached hydrogens (tertiary/aromatic N) is 2. The molecule has 0 aliphatic heterocycles. The Kier molecular flexibility index (Phi) is 5.90. The van der Waals surface area contributed by atoms with Crippen molar-refractivity contribution in [2.45, 2.75) is 38.6 Å². The first-order valence-electron chi connectivity index (χ1n) is 9.13. The monoisotopic (exact) mass is 433 g/mol. The van der Waals surface area contributed by atoms with Crippen LogP contribution in [0.4, 0.5) is 5.82 Å². The Hall–Kier alpha value is -2.52. The topological polar surface area (TPSA) is 98.2 Å². The minimum atomic E-state index is -3.24. The molecule has 0 aliphatic rings. The molecule has 29 heavy (non-hydrogen) atoms. The molecule has 1 atom stereocenters. The van der Waals surface area contributed by atoms with Crippen LogP contribution < -0.4 is 5.32 Å². The number of aryl methyl sites for hydroxylation is 2. The second-order valence-electron chi connectivity index (χ2n) is 6.78. The van der Waals surface area contributed by atoms with Crippen molar-refractivity contribution in [2.75, 3.05) is 18.2 Å². The summed E-state index contributed by atoms with van der Waals surface area (Å²) in [5.74, 6) is 0.869. The number of hydrogen-bond acceptors (Lipinski definition) is 8. The molecule has 9 heteroatoms. The van der Waals surface area contributed by atoms with Gasteiger partial charge in [0.2, 0.25) is 0 Å². The van der Waals surface area contributed by atoms with Crippen LogP contribution in [-0.4, -0.2) is 37.2 Å². The van der Waals surface area contributed by atoms with Gasteiger partial charge in [0.15, 0.2) is 9.84 Å². The highest BCUT2D eigenvalue weighted by Crippen LogP contribution is 2.35. The average Bonchev–Trinajstić information content (AvgIpc) is 2.97. The fourth-order valence-electron chi connectivity index (χ4n) is 3.03. The van der Waals surface area contributed by atoms with E-state index >= 15 is 0 Å². The number of fused-ring (bicyclic) bond motifs is 1. The molecule has 0 amide bonds. The third-order valence-electron chi connectivity index (χ3n) is 4.52.